The van der Waals surface area contributed by atoms with Crippen LogP contribution in [-0.4, -0.2) is 20.3 Å². The van der Waals surface area contributed by atoms with Crippen LogP contribution in [0.25, 0.3) is 0 Å². The summed E-state index contributed by atoms with van der Waals surface area (Å²) in [5.74, 6) is 0.645. The minimum atomic E-state index is 0.385. The minimum Gasteiger partial charge on any atom is -0.381 e. The highest BCUT2D eigenvalue weighted by molar-refractivity contribution is 6.30. The van der Waals surface area contributed by atoms with E-state index in [4.69, 9.17) is 16.3 Å². The lowest BCUT2D eigenvalue weighted by atomic mass is 9.87. The molecule has 1 aliphatic rings. The highest BCUT2D eigenvalue weighted by Gasteiger charge is 2.24. The maximum Gasteiger partial charge on any atom is 0.0469 e. The molecule has 1 unspecified atom stereocenters. The number of benzene rings is 1. The Balaban J connectivity index is 2.21. The van der Waals surface area contributed by atoms with Gasteiger partial charge in [-0.2, -0.15) is 0 Å². The van der Waals surface area contributed by atoms with E-state index in [-0.39, 0.29) is 0 Å². The molecular weight excluding hydrogens is 234 g/mol. The van der Waals surface area contributed by atoms with Crippen LogP contribution in [-0.2, 0) is 4.74 Å². The van der Waals surface area contributed by atoms with Crippen molar-refractivity contribution in [1.82, 2.24) is 5.32 Å². The van der Waals surface area contributed by atoms with Gasteiger partial charge >= 0.3 is 0 Å². The molecule has 0 radical (unpaired) electrons. The molecule has 1 heterocycles. The molecule has 2 nitrogen and oxygen atoms in total. The van der Waals surface area contributed by atoms with Crippen molar-refractivity contribution in [3.8, 4) is 0 Å². The summed E-state index contributed by atoms with van der Waals surface area (Å²) in [6.45, 7) is 3.84. The fourth-order valence-corrected chi connectivity index (χ4v) is 2.97. The number of halogens is 1. The van der Waals surface area contributed by atoms with Crippen molar-refractivity contribution >= 4 is 11.6 Å². The zero-order valence-electron chi connectivity index (χ0n) is 10.5. The SMILES string of the molecule is CNC(c1cc(C)cc(Cl)c1)C1CCOCC1. The average molecular weight is 254 g/mol. The first-order valence-corrected chi connectivity index (χ1v) is 6.60. The fraction of sp³-hybridized carbons (Fsp3) is 0.571. The van der Waals surface area contributed by atoms with Gasteiger partial charge in [-0.25, -0.2) is 0 Å². The van der Waals surface area contributed by atoms with Crippen molar-refractivity contribution in [3.05, 3.63) is 34.3 Å². The van der Waals surface area contributed by atoms with Gasteiger partial charge < -0.3 is 10.1 Å². The van der Waals surface area contributed by atoms with E-state index in [1.165, 1.54) is 11.1 Å². The molecule has 1 aromatic carbocycles. The Labute approximate surface area is 108 Å². The fourth-order valence-electron chi connectivity index (χ4n) is 2.67. The maximum absolute atomic E-state index is 6.14. The standard InChI is InChI=1S/C14H20ClNO/c1-10-7-12(9-13(15)8-10)14(16-2)11-3-5-17-6-4-11/h7-9,11,14,16H,3-6H2,1-2H3. The summed E-state index contributed by atoms with van der Waals surface area (Å²) in [7, 11) is 2.02. The summed E-state index contributed by atoms with van der Waals surface area (Å²) in [4.78, 5) is 0. The number of hydrogen-bond donors (Lipinski definition) is 1. The number of nitrogens with one attached hydrogen (secondary N) is 1. The highest BCUT2D eigenvalue weighted by Crippen LogP contribution is 2.31. The van der Waals surface area contributed by atoms with Gasteiger partial charge in [0.25, 0.3) is 0 Å². The van der Waals surface area contributed by atoms with Crippen molar-refractivity contribution in [2.45, 2.75) is 25.8 Å². The normalized spacial score (nSPS) is 19.2. The number of rotatable bonds is 3. The van der Waals surface area contributed by atoms with Crippen LogP contribution < -0.4 is 5.32 Å². The molecule has 1 aliphatic heterocycles. The van der Waals surface area contributed by atoms with Crippen LogP contribution in [0.2, 0.25) is 5.02 Å². The lowest BCUT2D eigenvalue weighted by Gasteiger charge is -2.30. The third-order valence-electron chi connectivity index (χ3n) is 3.47. The molecule has 1 fully saturated rings. The van der Waals surface area contributed by atoms with Crippen LogP contribution >= 0.6 is 11.6 Å². The van der Waals surface area contributed by atoms with E-state index in [1.54, 1.807) is 0 Å². The largest absolute Gasteiger partial charge is 0.381 e. The predicted octanol–water partition coefficient (Wildman–Crippen LogP) is 3.34. The molecule has 17 heavy (non-hydrogen) atoms. The van der Waals surface area contributed by atoms with Gasteiger partial charge in [-0.3, -0.25) is 0 Å². The zero-order chi connectivity index (χ0) is 12.3. The van der Waals surface area contributed by atoms with Gasteiger partial charge in [0.1, 0.15) is 0 Å². The molecule has 94 valence electrons. The van der Waals surface area contributed by atoms with Gasteiger partial charge in [0.2, 0.25) is 0 Å². The van der Waals surface area contributed by atoms with Crippen molar-refractivity contribution in [2.24, 2.45) is 5.92 Å². The molecule has 3 heteroatoms. The highest BCUT2D eigenvalue weighted by atomic mass is 35.5. The van der Waals surface area contributed by atoms with E-state index in [2.05, 4.69) is 24.4 Å². The molecule has 1 saturated heterocycles. The Morgan fingerprint density at radius 2 is 2.00 bits per heavy atom. The third-order valence-corrected chi connectivity index (χ3v) is 3.69. The Bertz CT molecular complexity index is 354. The minimum absolute atomic E-state index is 0.385. The van der Waals surface area contributed by atoms with Gasteiger partial charge in [-0.1, -0.05) is 17.7 Å². The summed E-state index contributed by atoms with van der Waals surface area (Å²) in [5, 5.41) is 4.25. The molecule has 0 aliphatic carbocycles. The van der Waals surface area contributed by atoms with Crippen molar-refractivity contribution in [3.63, 3.8) is 0 Å². The second-order valence-corrected chi connectivity index (χ2v) is 5.21. The van der Waals surface area contributed by atoms with E-state index in [9.17, 15) is 0 Å². The third kappa shape index (κ3) is 3.21. The van der Waals surface area contributed by atoms with Gasteiger partial charge in [0, 0.05) is 24.3 Å². The first kappa shape index (κ1) is 12.9. The quantitative estimate of drug-likeness (QED) is 0.892. The summed E-state index contributed by atoms with van der Waals surface area (Å²) in [6.07, 6.45) is 2.24. The second-order valence-electron chi connectivity index (χ2n) is 4.78. The van der Waals surface area contributed by atoms with Crippen LogP contribution in [0.4, 0.5) is 0 Å². The summed E-state index contributed by atoms with van der Waals surface area (Å²) in [5.41, 5.74) is 2.52. The van der Waals surface area contributed by atoms with Gasteiger partial charge in [-0.15, -0.1) is 0 Å². The molecule has 0 bridgehead atoms. The molecule has 1 aromatic rings. The molecule has 0 aromatic heterocycles. The number of aryl methyl sites for hydroxylation is 1. The van der Waals surface area contributed by atoms with E-state index >= 15 is 0 Å². The van der Waals surface area contributed by atoms with Crippen molar-refractivity contribution < 1.29 is 4.74 Å². The average Bonchev–Trinajstić information content (AvgIpc) is 2.30. The molecule has 0 amide bonds. The van der Waals surface area contributed by atoms with Crippen LogP contribution in [0, 0.1) is 12.8 Å². The first-order valence-electron chi connectivity index (χ1n) is 6.23. The monoisotopic (exact) mass is 253 g/mol. The number of hydrogen-bond acceptors (Lipinski definition) is 2. The Kier molecular flexibility index (Phi) is 4.43. The lowest BCUT2D eigenvalue weighted by molar-refractivity contribution is 0.0546. The van der Waals surface area contributed by atoms with Crippen LogP contribution in [0.1, 0.15) is 30.0 Å². The van der Waals surface area contributed by atoms with E-state index < -0.39 is 0 Å². The molecular formula is C14H20ClNO. The van der Waals surface area contributed by atoms with Crippen LogP contribution in [0.3, 0.4) is 0 Å². The Morgan fingerprint density at radius 1 is 1.29 bits per heavy atom. The predicted molar refractivity (Wildman–Crippen MR) is 71.5 cm³/mol. The topological polar surface area (TPSA) is 21.3 Å². The van der Waals surface area contributed by atoms with Gasteiger partial charge in [-0.05, 0) is 56.0 Å². The molecule has 2 rings (SSSR count). The first-order chi connectivity index (χ1) is 8.20. The molecule has 0 saturated carbocycles. The van der Waals surface area contributed by atoms with E-state index in [0.29, 0.717) is 12.0 Å². The van der Waals surface area contributed by atoms with E-state index in [0.717, 1.165) is 31.1 Å². The molecule has 0 spiro atoms. The second kappa shape index (κ2) is 5.85. The van der Waals surface area contributed by atoms with Crippen LogP contribution in [0.15, 0.2) is 18.2 Å². The smallest absolute Gasteiger partial charge is 0.0469 e. The Morgan fingerprint density at radius 3 is 2.59 bits per heavy atom. The van der Waals surface area contributed by atoms with Gasteiger partial charge in [0.15, 0.2) is 0 Å². The van der Waals surface area contributed by atoms with Crippen molar-refractivity contribution in [2.75, 3.05) is 20.3 Å². The molecule has 1 N–H and O–H groups in total. The van der Waals surface area contributed by atoms with Crippen LogP contribution in [0.5, 0.6) is 0 Å². The zero-order valence-corrected chi connectivity index (χ0v) is 11.3. The summed E-state index contributed by atoms with van der Waals surface area (Å²) >= 11 is 6.14. The maximum atomic E-state index is 6.14. The van der Waals surface area contributed by atoms with Crippen molar-refractivity contribution in [1.29, 1.82) is 0 Å². The number of ether oxygens (including phenoxy) is 1. The lowest BCUT2D eigenvalue weighted by Crippen LogP contribution is -2.30. The summed E-state index contributed by atoms with van der Waals surface area (Å²) < 4.78 is 5.42. The van der Waals surface area contributed by atoms with E-state index in [1.807, 2.05) is 13.1 Å². The Hall–Kier alpha value is -0.570. The summed E-state index contributed by atoms with van der Waals surface area (Å²) in [6, 6.07) is 6.69. The molecule has 1 atom stereocenters. The van der Waals surface area contributed by atoms with Gasteiger partial charge in [0.05, 0.1) is 0 Å².